The molecule has 0 aliphatic rings. The lowest BCUT2D eigenvalue weighted by Crippen LogP contribution is -3.00. The van der Waals surface area contributed by atoms with Crippen LogP contribution in [-0.4, -0.2) is 44.9 Å². The van der Waals surface area contributed by atoms with Crippen LogP contribution in [0.5, 0.6) is 0 Å². The fraction of sp³-hybridized carbons (Fsp3) is 0.875. The van der Waals surface area contributed by atoms with Gasteiger partial charge in [-0.25, -0.2) is 0 Å². The largest absolute Gasteiger partial charge is 1.00 e. The molecular weight excluding hydrogens is 192 g/mol. The number of hydrogen-bond donors (Lipinski definition) is 1. The topological polar surface area (TPSA) is 52.3 Å². The van der Waals surface area contributed by atoms with E-state index in [4.69, 9.17) is 10.5 Å². The lowest BCUT2D eigenvalue weighted by molar-refractivity contribution is -0.888. The Morgan fingerprint density at radius 1 is 1.38 bits per heavy atom. The van der Waals surface area contributed by atoms with Gasteiger partial charge >= 0.3 is 5.97 Å². The second kappa shape index (κ2) is 7.12. The summed E-state index contributed by atoms with van der Waals surface area (Å²) >= 11 is 0. The van der Waals surface area contributed by atoms with Gasteiger partial charge in [0.25, 0.3) is 0 Å². The molecule has 13 heavy (non-hydrogen) atoms. The van der Waals surface area contributed by atoms with Gasteiger partial charge in [0, 0.05) is 6.42 Å². The molecule has 0 amide bonds. The Labute approximate surface area is 86.0 Å². The summed E-state index contributed by atoms with van der Waals surface area (Å²) in [7, 11) is 5.91. The summed E-state index contributed by atoms with van der Waals surface area (Å²) < 4.78 is 5.62. The highest BCUT2D eigenvalue weighted by Crippen LogP contribution is 1.95. The SMILES string of the molecule is C[N+](C)(C)COC(=O)CCCN.[Cl-]. The Morgan fingerprint density at radius 2 is 1.92 bits per heavy atom. The second-order valence-electron chi connectivity index (χ2n) is 3.83. The molecule has 0 rings (SSSR count). The minimum Gasteiger partial charge on any atom is -1.00 e. The first-order chi connectivity index (χ1) is 5.45. The molecule has 0 aliphatic carbocycles. The lowest BCUT2D eigenvalue weighted by Gasteiger charge is -2.22. The van der Waals surface area contributed by atoms with Crippen molar-refractivity contribution >= 4 is 5.97 Å². The number of rotatable bonds is 5. The Bertz CT molecular complexity index is 146. The number of hydrogen-bond acceptors (Lipinski definition) is 3. The maximum Gasteiger partial charge on any atom is 0.310 e. The van der Waals surface area contributed by atoms with Gasteiger partial charge in [-0.3, -0.25) is 9.28 Å². The van der Waals surface area contributed by atoms with Gasteiger partial charge in [0.05, 0.1) is 21.1 Å². The minimum absolute atomic E-state index is 0. The van der Waals surface area contributed by atoms with Crippen LogP contribution in [0, 0.1) is 0 Å². The molecule has 0 radical (unpaired) electrons. The van der Waals surface area contributed by atoms with E-state index in [0.717, 1.165) is 0 Å². The van der Waals surface area contributed by atoms with Crippen LogP contribution in [0.3, 0.4) is 0 Å². The van der Waals surface area contributed by atoms with Crippen molar-refractivity contribution in [1.82, 2.24) is 0 Å². The molecule has 0 aromatic rings. The molecule has 0 fully saturated rings. The van der Waals surface area contributed by atoms with Crippen molar-refractivity contribution < 1.29 is 26.4 Å². The summed E-state index contributed by atoms with van der Waals surface area (Å²) in [6, 6.07) is 0. The van der Waals surface area contributed by atoms with E-state index in [2.05, 4.69) is 0 Å². The predicted molar refractivity (Wildman–Crippen MR) is 47.3 cm³/mol. The third kappa shape index (κ3) is 11.7. The molecule has 0 heterocycles. The molecule has 0 unspecified atom stereocenters. The molecule has 0 bridgehead atoms. The van der Waals surface area contributed by atoms with Gasteiger partial charge in [0.1, 0.15) is 0 Å². The number of esters is 1. The molecule has 0 aromatic carbocycles. The van der Waals surface area contributed by atoms with E-state index in [1.165, 1.54) is 0 Å². The number of quaternary nitrogens is 1. The zero-order valence-corrected chi connectivity index (χ0v) is 9.30. The quantitative estimate of drug-likeness (QED) is 0.298. The van der Waals surface area contributed by atoms with Gasteiger partial charge in [-0.1, -0.05) is 0 Å². The van der Waals surface area contributed by atoms with E-state index >= 15 is 0 Å². The summed E-state index contributed by atoms with van der Waals surface area (Å²) in [5, 5.41) is 0. The van der Waals surface area contributed by atoms with Crippen molar-refractivity contribution in [1.29, 1.82) is 0 Å². The predicted octanol–water partition coefficient (Wildman–Crippen LogP) is -3.06. The highest BCUT2D eigenvalue weighted by atomic mass is 35.5. The third-order valence-electron chi connectivity index (χ3n) is 1.20. The van der Waals surface area contributed by atoms with Gasteiger partial charge in [-0.2, -0.15) is 0 Å². The van der Waals surface area contributed by atoms with E-state index in [1.807, 2.05) is 21.1 Å². The molecule has 0 aliphatic heterocycles. The van der Waals surface area contributed by atoms with Crippen LogP contribution in [0.2, 0.25) is 0 Å². The zero-order valence-electron chi connectivity index (χ0n) is 8.55. The third-order valence-corrected chi connectivity index (χ3v) is 1.20. The van der Waals surface area contributed by atoms with Gasteiger partial charge in [0.15, 0.2) is 0 Å². The Kier molecular flexibility index (Phi) is 8.30. The molecular formula is C8H19ClN2O2. The molecule has 0 saturated carbocycles. The van der Waals surface area contributed by atoms with Crippen LogP contribution in [0.15, 0.2) is 0 Å². The fourth-order valence-electron chi connectivity index (χ4n) is 0.584. The van der Waals surface area contributed by atoms with Crippen LogP contribution >= 0.6 is 0 Å². The first-order valence-corrected chi connectivity index (χ1v) is 4.12. The van der Waals surface area contributed by atoms with Crippen molar-refractivity contribution in [2.45, 2.75) is 12.8 Å². The smallest absolute Gasteiger partial charge is 0.310 e. The van der Waals surface area contributed by atoms with Gasteiger partial charge < -0.3 is 22.9 Å². The summed E-state index contributed by atoms with van der Waals surface area (Å²) in [4.78, 5) is 11.0. The van der Waals surface area contributed by atoms with Gasteiger partial charge in [0.2, 0.25) is 6.73 Å². The number of carbonyl (C=O) groups excluding carboxylic acids is 1. The molecule has 0 atom stereocenters. The Balaban J connectivity index is 0. The van der Waals surface area contributed by atoms with Gasteiger partial charge in [-0.15, -0.1) is 0 Å². The molecule has 0 spiro atoms. The normalized spacial score (nSPS) is 10.5. The number of nitrogens with two attached hydrogens (primary N) is 1. The number of carbonyl (C=O) groups is 1. The van der Waals surface area contributed by atoms with E-state index in [9.17, 15) is 4.79 Å². The van der Waals surface area contributed by atoms with Crippen molar-refractivity contribution in [3.05, 3.63) is 0 Å². The van der Waals surface area contributed by atoms with Crippen molar-refractivity contribution in [3.8, 4) is 0 Å². The molecule has 0 aromatic heterocycles. The van der Waals surface area contributed by atoms with Crippen LogP contribution in [0.1, 0.15) is 12.8 Å². The highest BCUT2D eigenvalue weighted by molar-refractivity contribution is 5.69. The number of halogens is 1. The monoisotopic (exact) mass is 210 g/mol. The second-order valence-corrected chi connectivity index (χ2v) is 3.83. The highest BCUT2D eigenvalue weighted by Gasteiger charge is 2.10. The maximum absolute atomic E-state index is 11.0. The molecule has 5 heteroatoms. The number of ether oxygens (including phenoxy) is 1. The maximum atomic E-state index is 11.0. The lowest BCUT2D eigenvalue weighted by atomic mass is 10.3. The van der Waals surface area contributed by atoms with Crippen LogP contribution < -0.4 is 18.1 Å². The van der Waals surface area contributed by atoms with E-state index in [0.29, 0.717) is 30.6 Å². The summed E-state index contributed by atoms with van der Waals surface area (Å²) in [5.74, 6) is -0.159. The first kappa shape index (κ1) is 15.2. The minimum atomic E-state index is -0.159. The summed E-state index contributed by atoms with van der Waals surface area (Å²) in [6.07, 6.45) is 1.13. The van der Waals surface area contributed by atoms with Crippen LogP contribution in [0.25, 0.3) is 0 Å². The average molecular weight is 211 g/mol. The Morgan fingerprint density at radius 3 is 2.31 bits per heavy atom. The van der Waals surface area contributed by atoms with Crippen LogP contribution in [-0.2, 0) is 9.53 Å². The molecule has 80 valence electrons. The molecule has 4 nitrogen and oxygen atoms in total. The molecule has 0 saturated heterocycles. The molecule has 2 N–H and O–H groups in total. The van der Waals surface area contributed by atoms with E-state index in [1.54, 1.807) is 0 Å². The van der Waals surface area contributed by atoms with Crippen LogP contribution in [0.4, 0.5) is 0 Å². The number of nitrogens with zero attached hydrogens (tertiary/aromatic N) is 1. The average Bonchev–Trinajstić information content (AvgIpc) is 1.95. The van der Waals surface area contributed by atoms with E-state index in [-0.39, 0.29) is 18.4 Å². The Hall–Kier alpha value is -0.320. The standard InChI is InChI=1S/C8H19N2O2.ClH/c1-10(2,3)7-12-8(11)5-4-6-9;/h4-7,9H2,1-3H3;1H/q+1;/p-1. The summed E-state index contributed by atoms with van der Waals surface area (Å²) in [5.41, 5.74) is 5.25. The van der Waals surface area contributed by atoms with E-state index < -0.39 is 0 Å². The van der Waals surface area contributed by atoms with Crippen molar-refractivity contribution in [2.75, 3.05) is 34.4 Å². The zero-order chi connectivity index (χ0) is 9.61. The van der Waals surface area contributed by atoms with Crippen molar-refractivity contribution in [2.24, 2.45) is 5.73 Å². The van der Waals surface area contributed by atoms with Gasteiger partial charge in [-0.05, 0) is 13.0 Å². The summed E-state index contributed by atoms with van der Waals surface area (Å²) in [6.45, 7) is 0.961. The fourth-order valence-corrected chi connectivity index (χ4v) is 0.584. The first-order valence-electron chi connectivity index (χ1n) is 4.12. The van der Waals surface area contributed by atoms with Crippen molar-refractivity contribution in [3.63, 3.8) is 0 Å².